The van der Waals surface area contributed by atoms with Gasteiger partial charge < -0.3 is 10.0 Å². The van der Waals surface area contributed by atoms with Crippen molar-refractivity contribution in [2.75, 3.05) is 18.5 Å². The summed E-state index contributed by atoms with van der Waals surface area (Å²) in [5, 5.41) is 9.09. The minimum Gasteiger partial charge on any atom is -0.478 e. The van der Waals surface area contributed by atoms with E-state index in [-0.39, 0.29) is 0 Å². The summed E-state index contributed by atoms with van der Waals surface area (Å²) in [5.41, 5.74) is 2.13. The van der Waals surface area contributed by atoms with Gasteiger partial charge in [-0.15, -0.1) is 0 Å². The molecule has 0 spiro atoms. The van der Waals surface area contributed by atoms with E-state index in [4.69, 9.17) is 5.11 Å². The third-order valence-electron chi connectivity index (χ3n) is 2.55. The second-order valence-electron chi connectivity index (χ2n) is 3.82. The summed E-state index contributed by atoms with van der Waals surface area (Å²) >= 11 is 3.34. The van der Waals surface area contributed by atoms with Gasteiger partial charge in [0.2, 0.25) is 0 Å². The number of halogens is 1. The Kier molecular flexibility index (Phi) is 4.35. The lowest BCUT2D eigenvalue weighted by molar-refractivity contribution is 0.0696. The molecule has 0 aliphatic carbocycles. The Morgan fingerprint density at radius 1 is 1.50 bits per heavy atom. The standard InChI is InChI=1S/C12H16BrNO2/c1-4-5-14(3)11-7-9(13)6-10(8(11)2)12(15)16/h6-7H,4-5H2,1-3H3,(H,15,16). The van der Waals surface area contributed by atoms with Gasteiger partial charge in [-0.2, -0.15) is 0 Å². The Morgan fingerprint density at radius 2 is 2.12 bits per heavy atom. The monoisotopic (exact) mass is 285 g/mol. The van der Waals surface area contributed by atoms with Crippen molar-refractivity contribution in [3.63, 3.8) is 0 Å². The molecule has 0 atom stereocenters. The number of benzene rings is 1. The zero-order valence-corrected chi connectivity index (χ0v) is 11.3. The van der Waals surface area contributed by atoms with Crippen molar-refractivity contribution in [2.24, 2.45) is 0 Å². The average molecular weight is 286 g/mol. The van der Waals surface area contributed by atoms with Crippen molar-refractivity contribution in [3.05, 3.63) is 27.7 Å². The molecule has 88 valence electrons. The zero-order chi connectivity index (χ0) is 12.3. The van der Waals surface area contributed by atoms with E-state index in [2.05, 4.69) is 27.8 Å². The predicted octanol–water partition coefficient (Wildman–Crippen LogP) is 3.30. The lowest BCUT2D eigenvalue weighted by Crippen LogP contribution is -2.19. The maximum Gasteiger partial charge on any atom is 0.336 e. The summed E-state index contributed by atoms with van der Waals surface area (Å²) in [6.45, 7) is 4.86. The van der Waals surface area contributed by atoms with Gasteiger partial charge in [-0.3, -0.25) is 0 Å². The van der Waals surface area contributed by atoms with E-state index in [1.165, 1.54) is 0 Å². The molecule has 1 rings (SSSR count). The molecule has 1 aromatic rings. The predicted molar refractivity (Wildman–Crippen MR) is 69.4 cm³/mol. The average Bonchev–Trinajstić information content (AvgIpc) is 2.20. The number of rotatable bonds is 4. The van der Waals surface area contributed by atoms with Gasteiger partial charge in [0.15, 0.2) is 0 Å². The highest BCUT2D eigenvalue weighted by Gasteiger charge is 2.14. The normalized spacial score (nSPS) is 10.2. The maximum absolute atomic E-state index is 11.1. The molecule has 0 radical (unpaired) electrons. The summed E-state index contributed by atoms with van der Waals surface area (Å²) in [4.78, 5) is 13.1. The van der Waals surface area contributed by atoms with Crippen LogP contribution in [0.4, 0.5) is 5.69 Å². The van der Waals surface area contributed by atoms with Gasteiger partial charge in [0.05, 0.1) is 5.56 Å². The maximum atomic E-state index is 11.1. The Hall–Kier alpha value is -1.03. The number of aromatic carboxylic acids is 1. The van der Waals surface area contributed by atoms with Crippen LogP contribution >= 0.6 is 15.9 Å². The molecule has 0 aromatic heterocycles. The summed E-state index contributed by atoms with van der Waals surface area (Å²) in [7, 11) is 1.98. The van der Waals surface area contributed by atoms with E-state index in [1.54, 1.807) is 6.07 Å². The van der Waals surface area contributed by atoms with Gasteiger partial charge in [0.1, 0.15) is 0 Å². The van der Waals surface area contributed by atoms with Crippen molar-refractivity contribution in [3.8, 4) is 0 Å². The molecule has 1 aromatic carbocycles. The first kappa shape index (κ1) is 13.0. The Morgan fingerprint density at radius 3 is 2.62 bits per heavy atom. The van der Waals surface area contributed by atoms with Crippen LogP contribution in [0.1, 0.15) is 29.3 Å². The van der Waals surface area contributed by atoms with E-state index in [0.29, 0.717) is 5.56 Å². The van der Waals surface area contributed by atoms with Crippen LogP contribution in [0, 0.1) is 6.92 Å². The van der Waals surface area contributed by atoms with E-state index >= 15 is 0 Å². The van der Waals surface area contributed by atoms with Crippen LogP contribution in [0.15, 0.2) is 16.6 Å². The van der Waals surface area contributed by atoms with Gasteiger partial charge >= 0.3 is 5.97 Å². The van der Waals surface area contributed by atoms with Crippen molar-refractivity contribution < 1.29 is 9.90 Å². The van der Waals surface area contributed by atoms with Crippen LogP contribution in [0.25, 0.3) is 0 Å². The first-order chi connectivity index (χ1) is 7.47. The molecule has 0 aliphatic heterocycles. The third kappa shape index (κ3) is 2.76. The Labute approximate surface area is 104 Å². The fraction of sp³-hybridized carbons (Fsp3) is 0.417. The highest BCUT2D eigenvalue weighted by atomic mass is 79.9. The second-order valence-corrected chi connectivity index (χ2v) is 4.74. The quantitative estimate of drug-likeness (QED) is 0.923. The van der Waals surface area contributed by atoms with E-state index in [0.717, 1.165) is 28.7 Å². The molecule has 0 heterocycles. The van der Waals surface area contributed by atoms with Crippen LogP contribution in [0.3, 0.4) is 0 Å². The minimum atomic E-state index is -0.884. The summed E-state index contributed by atoms with van der Waals surface area (Å²) in [5.74, 6) is -0.884. The number of carbonyl (C=O) groups is 1. The van der Waals surface area contributed by atoms with Gasteiger partial charge in [-0.25, -0.2) is 4.79 Å². The highest BCUT2D eigenvalue weighted by Crippen LogP contribution is 2.27. The first-order valence-electron chi connectivity index (χ1n) is 5.22. The first-order valence-corrected chi connectivity index (χ1v) is 6.01. The van der Waals surface area contributed by atoms with Gasteiger partial charge in [0, 0.05) is 23.8 Å². The van der Waals surface area contributed by atoms with Crippen molar-refractivity contribution in [1.82, 2.24) is 0 Å². The summed E-state index contributed by atoms with van der Waals surface area (Å²) < 4.78 is 0.799. The number of anilines is 1. The SMILES string of the molecule is CCCN(C)c1cc(Br)cc(C(=O)O)c1C. The molecule has 1 N–H and O–H groups in total. The minimum absolute atomic E-state index is 0.354. The van der Waals surface area contributed by atoms with Crippen LogP contribution in [-0.4, -0.2) is 24.7 Å². The lowest BCUT2D eigenvalue weighted by Gasteiger charge is -2.22. The Balaban J connectivity index is 3.23. The van der Waals surface area contributed by atoms with Crippen molar-refractivity contribution in [1.29, 1.82) is 0 Å². The number of nitrogens with zero attached hydrogens (tertiary/aromatic N) is 1. The fourth-order valence-electron chi connectivity index (χ4n) is 1.74. The molecule has 0 unspecified atom stereocenters. The van der Waals surface area contributed by atoms with E-state index < -0.39 is 5.97 Å². The Bertz CT molecular complexity index is 404. The van der Waals surface area contributed by atoms with Crippen LogP contribution in [0.5, 0.6) is 0 Å². The zero-order valence-electron chi connectivity index (χ0n) is 9.75. The fourth-order valence-corrected chi connectivity index (χ4v) is 2.18. The third-order valence-corrected chi connectivity index (χ3v) is 3.00. The molecule has 0 fully saturated rings. The van der Waals surface area contributed by atoms with Crippen molar-refractivity contribution >= 4 is 27.6 Å². The van der Waals surface area contributed by atoms with Crippen LogP contribution in [0.2, 0.25) is 0 Å². The molecule has 0 saturated carbocycles. The second kappa shape index (κ2) is 5.34. The lowest BCUT2D eigenvalue weighted by atomic mass is 10.1. The number of carboxylic acids is 1. The number of hydrogen-bond donors (Lipinski definition) is 1. The smallest absolute Gasteiger partial charge is 0.336 e. The molecule has 0 amide bonds. The molecule has 4 heteroatoms. The molecule has 0 bridgehead atoms. The van der Waals surface area contributed by atoms with Crippen LogP contribution < -0.4 is 4.90 Å². The molecular formula is C12H16BrNO2. The number of hydrogen-bond acceptors (Lipinski definition) is 2. The van der Waals surface area contributed by atoms with E-state index in [1.807, 2.05) is 20.0 Å². The molecule has 0 aliphatic rings. The topological polar surface area (TPSA) is 40.5 Å². The van der Waals surface area contributed by atoms with Crippen LogP contribution in [-0.2, 0) is 0 Å². The molecule has 16 heavy (non-hydrogen) atoms. The van der Waals surface area contributed by atoms with Gasteiger partial charge in [-0.1, -0.05) is 22.9 Å². The number of carboxylic acid groups (broad SMARTS) is 1. The van der Waals surface area contributed by atoms with E-state index in [9.17, 15) is 4.79 Å². The molecule has 3 nitrogen and oxygen atoms in total. The van der Waals surface area contributed by atoms with Gasteiger partial charge in [-0.05, 0) is 31.0 Å². The molecule has 0 saturated heterocycles. The largest absolute Gasteiger partial charge is 0.478 e. The highest BCUT2D eigenvalue weighted by molar-refractivity contribution is 9.10. The van der Waals surface area contributed by atoms with Gasteiger partial charge in [0.25, 0.3) is 0 Å². The molecular weight excluding hydrogens is 270 g/mol. The summed E-state index contributed by atoms with van der Waals surface area (Å²) in [6.07, 6.45) is 1.03. The van der Waals surface area contributed by atoms with Crippen molar-refractivity contribution in [2.45, 2.75) is 20.3 Å². The summed E-state index contributed by atoms with van der Waals surface area (Å²) in [6, 6.07) is 3.60.